The summed E-state index contributed by atoms with van der Waals surface area (Å²) in [5, 5.41) is -0.103. The predicted octanol–water partition coefficient (Wildman–Crippen LogP) is 2.36. The van der Waals surface area contributed by atoms with Gasteiger partial charge in [0.15, 0.2) is 5.15 Å². The Bertz CT molecular complexity index is 427. The van der Waals surface area contributed by atoms with Crippen LogP contribution in [0.4, 0.5) is 14.5 Å². The minimum atomic E-state index is -2.77. The van der Waals surface area contributed by atoms with Gasteiger partial charge in [0, 0.05) is 5.56 Å². The number of nitrogens with two attached hydrogens (primary N) is 1. The van der Waals surface area contributed by atoms with Crippen LogP contribution in [0.25, 0.3) is 0 Å². The summed E-state index contributed by atoms with van der Waals surface area (Å²) < 4.78 is 30.0. The number of esters is 1. The average Bonchev–Trinajstić information content (AvgIpc) is 2.23. The molecule has 0 aromatic carbocycles. The van der Waals surface area contributed by atoms with Gasteiger partial charge < -0.3 is 10.5 Å². The van der Waals surface area contributed by atoms with Crippen molar-refractivity contribution in [2.24, 2.45) is 0 Å². The second-order valence-electron chi connectivity index (χ2n) is 3.19. The smallest absolute Gasteiger partial charge is 0.311 e. The van der Waals surface area contributed by atoms with Crippen molar-refractivity contribution in [3.8, 4) is 0 Å². The molecule has 0 amide bonds. The van der Waals surface area contributed by atoms with Crippen LogP contribution in [-0.2, 0) is 16.0 Å². The Hall–Kier alpha value is -1.43. The quantitative estimate of drug-likeness (QED) is 0.670. The maximum absolute atomic E-state index is 12.7. The van der Waals surface area contributed by atoms with Crippen LogP contribution in [0.1, 0.15) is 24.6 Å². The van der Waals surface area contributed by atoms with Crippen molar-refractivity contribution in [2.75, 3.05) is 12.3 Å². The number of alkyl halides is 2. The third kappa shape index (κ3) is 3.52. The van der Waals surface area contributed by atoms with Gasteiger partial charge in [-0.1, -0.05) is 11.6 Å². The number of nitrogens with zero attached hydrogens (tertiary/aromatic N) is 1. The van der Waals surface area contributed by atoms with E-state index in [9.17, 15) is 13.6 Å². The van der Waals surface area contributed by atoms with Gasteiger partial charge in [0.2, 0.25) is 0 Å². The Labute approximate surface area is 102 Å². The van der Waals surface area contributed by atoms with E-state index >= 15 is 0 Å². The van der Waals surface area contributed by atoms with Gasteiger partial charge in [-0.25, -0.2) is 13.8 Å². The van der Waals surface area contributed by atoms with Gasteiger partial charge in [-0.15, -0.1) is 0 Å². The zero-order valence-corrected chi connectivity index (χ0v) is 9.80. The SMILES string of the molecule is CCOC(=O)Cc1nc(Cl)c(N)cc1C(F)F. The number of hydrogen-bond acceptors (Lipinski definition) is 4. The number of carbonyl (C=O) groups excluding carboxylic acids is 1. The van der Waals surface area contributed by atoms with E-state index in [-0.39, 0.29) is 29.6 Å². The van der Waals surface area contributed by atoms with Crippen LogP contribution >= 0.6 is 11.6 Å². The molecule has 0 spiro atoms. The van der Waals surface area contributed by atoms with Gasteiger partial charge in [0.25, 0.3) is 6.43 Å². The van der Waals surface area contributed by atoms with Crippen molar-refractivity contribution in [3.63, 3.8) is 0 Å². The van der Waals surface area contributed by atoms with Crippen molar-refractivity contribution >= 4 is 23.3 Å². The highest BCUT2D eigenvalue weighted by Gasteiger charge is 2.19. The lowest BCUT2D eigenvalue weighted by atomic mass is 10.1. The monoisotopic (exact) mass is 264 g/mol. The fraction of sp³-hybridized carbons (Fsp3) is 0.400. The molecule has 0 unspecified atom stereocenters. The van der Waals surface area contributed by atoms with Crippen LogP contribution in [0.3, 0.4) is 0 Å². The van der Waals surface area contributed by atoms with Crippen LogP contribution < -0.4 is 5.73 Å². The van der Waals surface area contributed by atoms with Crippen LogP contribution in [0.15, 0.2) is 6.07 Å². The molecule has 2 N–H and O–H groups in total. The maximum Gasteiger partial charge on any atom is 0.311 e. The second kappa shape index (κ2) is 5.77. The first-order chi connectivity index (χ1) is 7.95. The fourth-order valence-corrected chi connectivity index (χ4v) is 1.39. The summed E-state index contributed by atoms with van der Waals surface area (Å²) in [5.74, 6) is -0.636. The lowest BCUT2D eigenvalue weighted by Gasteiger charge is -2.09. The van der Waals surface area contributed by atoms with E-state index in [1.807, 2.05) is 0 Å². The van der Waals surface area contributed by atoms with Crippen LogP contribution in [-0.4, -0.2) is 17.6 Å². The normalized spacial score (nSPS) is 10.6. The molecule has 1 heterocycles. The van der Waals surface area contributed by atoms with Gasteiger partial charge in [0.1, 0.15) is 0 Å². The summed E-state index contributed by atoms with van der Waals surface area (Å²) in [7, 11) is 0. The number of aromatic nitrogens is 1. The number of rotatable bonds is 4. The largest absolute Gasteiger partial charge is 0.466 e. The van der Waals surface area contributed by atoms with Crippen LogP contribution in [0.2, 0.25) is 5.15 Å². The van der Waals surface area contributed by atoms with Gasteiger partial charge in [0.05, 0.1) is 24.4 Å². The van der Waals surface area contributed by atoms with Crippen molar-refractivity contribution in [2.45, 2.75) is 19.8 Å². The van der Waals surface area contributed by atoms with Gasteiger partial charge >= 0.3 is 5.97 Å². The first kappa shape index (κ1) is 13.6. The average molecular weight is 265 g/mol. The molecule has 0 radical (unpaired) electrons. The molecular weight excluding hydrogens is 254 g/mol. The summed E-state index contributed by atoms with van der Waals surface area (Å²) in [5.41, 5.74) is 4.81. The number of hydrogen-bond donors (Lipinski definition) is 1. The molecule has 0 atom stereocenters. The molecule has 1 aromatic heterocycles. The number of nitrogen functional groups attached to an aromatic ring is 1. The van der Waals surface area contributed by atoms with Crippen LogP contribution in [0, 0.1) is 0 Å². The molecular formula is C10H11ClF2N2O2. The molecule has 0 bridgehead atoms. The minimum Gasteiger partial charge on any atom is -0.466 e. The standard InChI is InChI=1S/C10H11ClF2N2O2/c1-2-17-8(16)4-7-5(10(12)13)3-6(14)9(11)15-7/h3,10H,2,4,14H2,1H3. The first-order valence-electron chi connectivity index (χ1n) is 4.84. The first-order valence-corrected chi connectivity index (χ1v) is 5.22. The molecule has 1 rings (SSSR count). The Balaban J connectivity index is 3.04. The molecule has 0 aliphatic heterocycles. The van der Waals surface area contributed by atoms with Crippen molar-refractivity contribution in [1.29, 1.82) is 0 Å². The van der Waals surface area contributed by atoms with E-state index in [2.05, 4.69) is 9.72 Å². The third-order valence-electron chi connectivity index (χ3n) is 1.97. The number of carbonyl (C=O) groups is 1. The Morgan fingerprint density at radius 2 is 2.29 bits per heavy atom. The molecule has 0 aliphatic rings. The van der Waals surface area contributed by atoms with Crippen LogP contribution in [0.5, 0.6) is 0 Å². The fourth-order valence-electron chi connectivity index (χ4n) is 1.24. The second-order valence-corrected chi connectivity index (χ2v) is 3.54. The Morgan fingerprint density at radius 1 is 1.65 bits per heavy atom. The Morgan fingerprint density at radius 3 is 2.82 bits per heavy atom. The van der Waals surface area contributed by atoms with E-state index in [0.29, 0.717) is 0 Å². The highest BCUT2D eigenvalue weighted by atomic mass is 35.5. The van der Waals surface area contributed by atoms with E-state index in [0.717, 1.165) is 6.07 Å². The molecule has 17 heavy (non-hydrogen) atoms. The van der Waals surface area contributed by atoms with Crippen molar-refractivity contribution < 1.29 is 18.3 Å². The van der Waals surface area contributed by atoms with E-state index in [1.54, 1.807) is 6.92 Å². The van der Waals surface area contributed by atoms with Crippen molar-refractivity contribution in [1.82, 2.24) is 4.98 Å². The van der Waals surface area contributed by atoms with E-state index < -0.39 is 18.0 Å². The van der Waals surface area contributed by atoms with Gasteiger partial charge in [-0.2, -0.15) is 0 Å². The summed E-state index contributed by atoms with van der Waals surface area (Å²) >= 11 is 5.62. The Kier molecular flexibility index (Phi) is 4.62. The molecule has 7 heteroatoms. The molecule has 0 saturated carbocycles. The highest BCUT2D eigenvalue weighted by molar-refractivity contribution is 6.31. The molecule has 4 nitrogen and oxygen atoms in total. The van der Waals surface area contributed by atoms with E-state index in [4.69, 9.17) is 17.3 Å². The van der Waals surface area contributed by atoms with Gasteiger partial charge in [-0.3, -0.25) is 4.79 Å². The third-order valence-corrected chi connectivity index (χ3v) is 2.27. The zero-order valence-electron chi connectivity index (χ0n) is 9.04. The molecule has 0 aliphatic carbocycles. The van der Waals surface area contributed by atoms with Gasteiger partial charge in [-0.05, 0) is 13.0 Å². The lowest BCUT2D eigenvalue weighted by molar-refractivity contribution is -0.142. The summed E-state index contributed by atoms with van der Waals surface area (Å²) in [6, 6.07) is 1.02. The highest BCUT2D eigenvalue weighted by Crippen LogP contribution is 2.28. The summed E-state index contributed by atoms with van der Waals surface area (Å²) in [6.07, 6.45) is -3.13. The van der Waals surface area contributed by atoms with E-state index in [1.165, 1.54) is 0 Å². The lowest BCUT2D eigenvalue weighted by Crippen LogP contribution is -2.12. The maximum atomic E-state index is 12.7. The van der Waals surface area contributed by atoms with Crippen molar-refractivity contribution in [3.05, 3.63) is 22.5 Å². The molecule has 1 aromatic rings. The molecule has 0 fully saturated rings. The number of pyridine rings is 1. The number of anilines is 1. The predicted molar refractivity (Wildman–Crippen MR) is 59.0 cm³/mol. The summed E-state index contributed by atoms with van der Waals surface area (Å²) in [4.78, 5) is 14.9. The summed E-state index contributed by atoms with van der Waals surface area (Å²) in [6.45, 7) is 1.79. The minimum absolute atomic E-state index is 0.0467. The molecule has 94 valence electrons. The zero-order chi connectivity index (χ0) is 13.0. The number of halogens is 3. The molecule has 0 saturated heterocycles. The topological polar surface area (TPSA) is 65.2 Å². The number of ether oxygens (including phenoxy) is 1.